The van der Waals surface area contributed by atoms with E-state index in [1.54, 1.807) is 24.3 Å². The fourth-order valence-corrected chi connectivity index (χ4v) is 2.81. The number of ether oxygens (including phenoxy) is 1. The van der Waals surface area contributed by atoms with Gasteiger partial charge in [-0.25, -0.2) is 0 Å². The Balaban J connectivity index is 1.67. The SMILES string of the molecule is CC1CN(C(=O)c2ccc(NC=C(C#N)c3nn[nH]n3)cc2)CC(C)O1. The van der Waals surface area contributed by atoms with Gasteiger partial charge in [0.1, 0.15) is 11.6 Å². The average Bonchev–Trinajstić information content (AvgIpc) is 3.16. The molecule has 1 aromatic carbocycles. The van der Waals surface area contributed by atoms with Crippen LogP contribution in [0.4, 0.5) is 5.69 Å². The number of nitrogens with zero attached hydrogens (tertiary/aromatic N) is 5. The van der Waals surface area contributed by atoms with Gasteiger partial charge in [0.05, 0.1) is 12.2 Å². The molecule has 0 aliphatic carbocycles. The van der Waals surface area contributed by atoms with Crippen LogP contribution in [0.25, 0.3) is 5.57 Å². The van der Waals surface area contributed by atoms with E-state index in [-0.39, 0.29) is 29.5 Å². The Kier molecular flexibility index (Phi) is 5.24. The van der Waals surface area contributed by atoms with Crippen LogP contribution in [0.15, 0.2) is 30.5 Å². The topological polar surface area (TPSA) is 120 Å². The summed E-state index contributed by atoms with van der Waals surface area (Å²) in [4.78, 5) is 14.4. The van der Waals surface area contributed by atoms with Crippen LogP contribution in [0.3, 0.4) is 0 Å². The van der Waals surface area contributed by atoms with Crippen LogP contribution in [0.5, 0.6) is 0 Å². The molecule has 2 heterocycles. The molecule has 1 amide bonds. The fourth-order valence-electron chi connectivity index (χ4n) is 2.81. The summed E-state index contributed by atoms with van der Waals surface area (Å²) in [6, 6.07) is 9.06. The maximum atomic E-state index is 12.6. The van der Waals surface area contributed by atoms with Crippen molar-refractivity contribution in [3.63, 3.8) is 0 Å². The number of hydrogen-bond donors (Lipinski definition) is 2. The molecule has 1 aliphatic heterocycles. The Morgan fingerprint density at radius 3 is 2.62 bits per heavy atom. The van der Waals surface area contributed by atoms with Crippen molar-refractivity contribution in [2.24, 2.45) is 0 Å². The molecule has 26 heavy (non-hydrogen) atoms. The van der Waals surface area contributed by atoms with E-state index in [1.165, 1.54) is 6.20 Å². The molecule has 0 spiro atoms. The van der Waals surface area contributed by atoms with E-state index in [0.717, 1.165) is 5.69 Å². The van der Waals surface area contributed by atoms with E-state index < -0.39 is 0 Å². The van der Waals surface area contributed by atoms with Crippen LogP contribution in [-0.2, 0) is 4.74 Å². The number of amides is 1. The lowest BCUT2D eigenvalue weighted by Crippen LogP contribution is -2.48. The number of morpholine rings is 1. The van der Waals surface area contributed by atoms with E-state index in [1.807, 2.05) is 24.8 Å². The van der Waals surface area contributed by atoms with Crippen molar-refractivity contribution >= 4 is 17.2 Å². The highest BCUT2D eigenvalue weighted by atomic mass is 16.5. The number of tetrazole rings is 1. The molecule has 1 saturated heterocycles. The first-order valence-electron chi connectivity index (χ1n) is 8.22. The third kappa shape index (κ3) is 4.04. The number of nitrogens with one attached hydrogen (secondary N) is 2. The van der Waals surface area contributed by atoms with Gasteiger partial charge in [0.15, 0.2) is 0 Å². The van der Waals surface area contributed by atoms with Gasteiger partial charge in [-0.1, -0.05) is 0 Å². The second-order valence-electron chi connectivity index (χ2n) is 6.09. The maximum absolute atomic E-state index is 12.6. The molecule has 9 heteroatoms. The smallest absolute Gasteiger partial charge is 0.254 e. The van der Waals surface area contributed by atoms with E-state index in [2.05, 4.69) is 25.9 Å². The van der Waals surface area contributed by atoms with Crippen LogP contribution in [-0.4, -0.2) is 56.7 Å². The number of rotatable bonds is 4. The van der Waals surface area contributed by atoms with Crippen LogP contribution >= 0.6 is 0 Å². The fraction of sp³-hybridized carbons (Fsp3) is 0.353. The van der Waals surface area contributed by atoms with E-state index in [9.17, 15) is 4.79 Å². The van der Waals surface area contributed by atoms with Gasteiger partial charge in [-0.05, 0) is 43.3 Å². The molecular weight excluding hydrogens is 334 g/mol. The third-order valence-corrected chi connectivity index (χ3v) is 3.93. The number of carbonyl (C=O) groups is 1. The van der Waals surface area contributed by atoms with E-state index in [0.29, 0.717) is 18.7 Å². The highest BCUT2D eigenvalue weighted by molar-refractivity contribution is 5.94. The van der Waals surface area contributed by atoms with Crippen LogP contribution < -0.4 is 5.32 Å². The minimum Gasteiger partial charge on any atom is -0.372 e. The Hall–Kier alpha value is -3.25. The molecule has 9 nitrogen and oxygen atoms in total. The first-order chi connectivity index (χ1) is 12.6. The van der Waals surface area contributed by atoms with Crippen molar-refractivity contribution in [2.75, 3.05) is 18.4 Å². The molecule has 3 rings (SSSR count). The summed E-state index contributed by atoms with van der Waals surface area (Å²) in [5, 5.41) is 25.4. The lowest BCUT2D eigenvalue weighted by Gasteiger charge is -2.35. The minimum absolute atomic E-state index is 0.0152. The van der Waals surface area contributed by atoms with Gasteiger partial charge in [-0.15, -0.1) is 10.2 Å². The normalized spacial score (nSPS) is 20.5. The summed E-state index contributed by atoms with van der Waals surface area (Å²) in [7, 11) is 0. The van der Waals surface area contributed by atoms with Crippen molar-refractivity contribution in [3.05, 3.63) is 41.9 Å². The zero-order valence-electron chi connectivity index (χ0n) is 14.5. The summed E-state index contributed by atoms with van der Waals surface area (Å²) in [5.41, 5.74) is 1.59. The molecule has 0 bridgehead atoms. The number of aromatic nitrogens is 4. The lowest BCUT2D eigenvalue weighted by molar-refractivity contribution is -0.0586. The van der Waals surface area contributed by atoms with Crippen LogP contribution in [0, 0.1) is 11.3 Å². The van der Waals surface area contributed by atoms with Gasteiger partial charge >= 0.3 is 0 Å². The van der Waals surface area contributed by atoms with Crippen LogP contribution in [0.1, 0.15) is 30.0 Å². The molecule has 2 aromatic rings. The van der Waals surface area contributed by atoms with Crippen molar-refractivity contribution in [2.45, 2.75) is 26.1 Å². The largest absolute Gasteiger partial charge is 0.372 e. The molecule has 2 atom stereocenters. The van der Waals surface area contributed by atoms with Crippen molar-refractivity contribution in [3.8, 4) is 6.07 Å². The zero-order valence-corrected chi connectivity index (χ0v) is 14.5. The minimum atomic E-state index is -0.0152. The molecular formula is C17H19N7O2. The van der Waals surface area contributed by atoms with Gasteiger partial charge < -0.3 is 15.0 Å². The highest BCUT2D eigenvalue weighted by Crippen LogP contribution is 2.17. The molecule has 1 aromatic heterocycles. The predicted molar refractivity (Wildman–Crippen MR) is 93.7 cm³/mol. The van der Waals surface area contributed by atoms with Gasteiger partial charge in [0.2, 0.25) is 5.82 Å². The van der Waals surface area contributed by atoms with Gasteiger partial charge in [-0.3, -0.25) is 4.79 Å². The predicted octanol–water partition coefficient (Wildman–Crippen LogP) is 1.43. The maximum Gasteiger partial charge on any atom is 0.254 e. The number of allylic oxidation sites excluding steroid dienone is 1. The second kappa shape index (κ2) is 7.76. The lowest BCUT2D eigenvalue weighted by atomic mass is 10.1. The molecule has 1 fully saturated rings. The monoisotopic (exact) mass is 353 g/mol. The van der Waals surface area contributed by atoms with E-state index in [4.69, 9.17) is 10.00 Å². The first kappa shape index (κ1) is 17.6. The molecule has 2 unspecified atom stereocenters. The molecule has 1 aliphatic rings. The Morgan fingerprint density at radius 1 is 1.35 bits per heavy atom. The number of nitriles is 1. The number of benzene rings is 1. The summed E-state index contributed by atoms with van der Waals surface area (Å²) >= 11 is 0. The Morgan fingerprint density at radius 2 is 2.04 bits per heavy atom. The summed E-state index contributed by atoms with van der Waals surface area (Å²) in [6.07, 6.45) is 1.55. The third-order valence-electron chi connectivity index (χ3n) is 3.93. The highest BCUT2D eigenvalue weighted by Gasteiger charge is 2.26. The molecule has 0 radical (unpaired) electrons. The summed E-state index contributed by atoms with van der Waals surface area (Å²) < 4.78 is 5.66. The average molecular weight is 353 g/mol. The summed E-state index contributed by atoms with van der Waals surface area (Å²) in [5.74, 6) is 0.195. The zero-order chi connectivity index (χ0) is 18.5. The first-order valence-corrected chi connectivity index (χ1v) is 8.22. The Labute approximate surface area is 150 Å². The van der Waals surface area contributed by atoms with Crippen molar-refractivity contribution in [1.82, 2.24) is 25.5 Å². The Bertz CT molecular complexity index is 814. The number of H-pyrrole nitrogens is 1. The number of anilines is 1. The molecule has 0 saturated carbocycles. The standard InChI is InChI=1S/C17H19N7O2/c1-11-9-24(10-12(2)26-11)17(25)13-3-5-15(6-4-13)19-8-14(7-18)16-20-22-23-21-16/h3-6,8,11-12,19H,9-10H2,1-2H3,(H,20,21,22,23). The van der Waals surface area contributed by atoms with E-state index >= 15 is 0 Å². The van der Waals surface area contributed by atoms with Gasteiger partial charge in [-0.2, -0.15) is 10.5 Å². The number of carbonyl (C=O) groups excluding carboxylic acids is 1. The van der Waals surface area contributed by atoms with Gasteiger partial charge in [0.25, 0.3) is 5.91 Å². The summed E-state index contributed by atoms with van der Waals surface area (Å²) in [6.45, 7) is 5.10. The van der Waals surface area contributed by atoms with Crippen LogP contribution in [0.2, 0.25) is 0 Å². The second-order valence-corrected chi connectivity index (χ2v) is 6.09. The number of aromatic amines is 1. The van der Waals surface area contributed by atoms with Gasteiger partial charge in [0, 0.05) is 30.5 Å². The van der Waals surface area contributed by atoms with Crippen molar-refractivity contribution in [1.29, 1.82) is 5.26 Å². The number of hydrogen-bond acceptors (Lipinski definition) is 7. The molecule has 134 valence electrons. The van der Waals surface area contributed by atoms with Crippen molar-refractivity contribution < 1.29 is 9.53 Å². The quantitative estimate of drug-likeness (QED) is 0.798. The molecule has 2 N–H and O–H groups in total.